The topological polar surface area (TPSA) is 52.1 Å². The third-order valence-corrected chi connectivity index (χ3v) is 4.95. The van der Waals surface area contributed by atoms with Crippen molar-refractivity contribution in [3.8, 4) is 5.88 Å². The van der Waals surface area contributed by atoms with Gasteiger partial charge in [0.1, 0.15) is 0 Å². The lowest BCUT2D eigenvalue weighted by molar-refractivity contribution is 0.103. The number of aromatic nitrogens is 2. The summed E-state index contributed by atoms with van der Waals surface area (Å²) >= 11 is 6.70. The van der Waals surface area contributed by atoms with Crippen LogP contribution in [0.25, 0.3) is 10.9 Å². The van der Waals surface area contributed by atoms with Gasteiger partial charge in [-0.15, -0.1) is 0 Å². The number of fused-ring (bicyclic) bond motifs is 1. The van der Waals surface area contributed by atoms with Gasteiger partial charge in [-0.05, 0) is 56.5 Å². The monoisotopic (exact) mass is 382 g/mol. The number of carbonyl (C=O) groups excluding carboxylic acids is 1. The Hall–Kier alpha value is -2.46. The van der Waals surface area contributed by atoms with Crippen molar-refractivity contribution in [3.05, 3.63) is 63.4 Å². The first-order valence-corrected chi connectivity index (χ1v) is 9.34. The number of pyridine rings is 2. The quantitative estimate of drug-likeness (QED) is 0.559. The van der Waals surface area contributed by atoms with Crippen molar-refractivity contribution in [2.45, 2.75) is 34.1 Å². The molecule has 0 N–H and O–H groups in total. The van der Waals surface area contributed by atoms with E-state index in [2.05, 4.69) is 23.8 Å². The summed E-state index contributed by atoms with van der Waals surface area (Å²) in [5.41, 5.74) is 4.36. The van der Waals surface area contributed by atoms with E-state index in [0.29, 0.717) is 33.5 Å². The zero-order chi connectivity index (χ0) is 19.7. The van der Waals surface area contributed by atoms with Gasteiger partial charge in [0.05, 0.1) is 17.6 Å². The minimum Gasteiger partial charge on any atom is -0.481 e. The van der Waals surface area contributed by atoms with Crippen LogP contribution in [0.3, 0.4) is 0 Å². The second kappa shape index (κ2) is 7.65. The number of hydrogen-bond donors (Lipinski definition) is 0. The van der Waals surface area contributed by atoms with Gasteiger partial charge in [-0.3, -0.25) is 9.78 Å². The van der Waals surface area contributed by atoms with E-state index >= 15 is 0 Å². The van der Waals surface area contributed by atoms with Crippen molar-refractivity contribution in [1.29, 1.82) is 0 Å². The summed E-state index contributed by atoms with van der Waals surface area (Å²) in [7, 11) is 1.60. The molecule has 0 saturated carbocycles. The molecular weight excluding hydrogens is 360 g/mol. The van der Waals surface area contributed by atoms with Gasteiger partial charge < -0.3 is 4.74 Å². The highest BCUT2D eigenvalue weighted by Gasteiger charge is 2.18. The molecule has 0 aliphatic rings. The Labute approximate surface area is 164 Å². The summed E-state index contributed by atoms with van der Waals surface area (Å²) in [6.07, 6.45) is 0.754. The lowest BCUT2D eigenvalue weighted by atomic mass is 9.98. The van der Waals surface area contributed by atoms with Crippen molar-refractivity contribution >= 4 is 28.3 Å². The summed E-state index contributed by atoms with van der Waals surface area (Å²) in [6, 6.07) is 9.07. The molecule has 0 fully saturated rings. The maximum atomic E-state index is 13.0. The number of rotatable bonds is 5. The molecule has 1 aromatic carbocycles. The van der Waals surface area contributed by atoms with Crippen LogP contribution in [0.5, 0.6) is 5.88 Å². The molecule has 3 rings (SSSR count). The molecule has 0 atom stereocenters. The minimum atomic E-state index is -0.0702. The van der Waals surface area contributed by atoms with Crippen molar-refractivity contribution in [3.63, 3.8) is 0 Å². The fourth-order valence-corrected chi connectivity index (χ4v) is 3.53. The molecule has 5 heteroatoms. The Kier molecular flexibility index (Phi) is 5.47. The largest absolute Gasteiger partial charge is 0.481 e. The van der Waals surface area contributed by atoms with Crippen molar-refractivity contribution in [1.82, 2.24) is 9.97 Å². The van der Waals surface area contributed by atoms with E-state index in [4.69, 9.17) is 16.3 Å². The lowest BCUT2D eigenvalue weighted by Gasteiger charge is -2.14. The molecule has 0 bridgehead atoms. The van der Waals surface area contributed by atoms with Crippen LogP contribution in [-0.2, 0) is 6.42 Å². The highest BCUT2D eigenvalue weighted by Crippen LogP contribution is 2.34. The van der Waals surface area contributed by atoms with Gasteiger partial charge in [-0.25, -0.2) is 4.98 Å². The fraction of sp³-hybridized carbons (Fsp3) is 0.318. The van der Waals surface area contributed by atoms with Crippen LogP contribution in [-0.4, -0.2) is 22.9 Å². The van der Waals surface area contributed by atoms with Gasteiger partial charge >= 0.3 is 0 Å². The summed E-state index contributed by atoms with van der Waals surface area (Å²) < 4.78 is 5.44. The van der Waals surface area contributed by atoms with E-state index < -0.39 is 0 Å². The molecule has 0 aliphatic heterocycles. The van der Waals surface area contributed by atoms with Crippen LogP contribution in [0.2, 0.25) is 5.02 Å². The molecule has 0 radical (unpaired) electrons. The molecule has 3 aromatic rings. The lowest BCUT2D eigenvalue weighted by Crippen LogP contribution is -2.06. The van der Waals surface area contributed by atoms with Crippen LogP contribution in [0.1, 0.15) is 46.7 Å². The van der Waals surface area contributed by atoms with Crippen molar-refractivity contribution in [2.75, 3.05) is 7.11 Å². The van der Waals surface area contributed by atoms with Gasteiger partial charge in [0.25, 0.3) is 0 Å². The molecule has 2 heterocycles. The third kappa shape index (κ3) is 3.81. The van der Waals surface area contributed by atoms with Crippen LogP contribution >= 0.6 is 11.6 Å². The van der Waals surface area contributed by atoms with Gasteiger partial charge in [0, 0.05) is 33.5 Å². The molecule has 140 valence electrons. The molecule has 0 amide bonds. The number of ether oxygens (including phenoxy) is 1. The number of ketones is 1. The molecular formula is C22H23ClN2O2. The van der Waals surface area contributed by atoms with E-state index in [1.807, 2.05) is 38.1 Å². The number of methoxy groups -OCH3 is 1. The summed E-state index contributed by atoms with van der Waals surface area (Å²) in [5.74, 6) is 0.875. The normalized spacial score (nSPS) is 11.2. The second-order valence-corrected chi connectivity index (χ2v) is 7.54. The highest BCUT2D eigenvalue weighted by molar-refractivity contribution is 6.36. The Morgan fingerprint density at radius 3 is 2.52 bits per heavy atom. The Bertz CT molecular complexity index is 1030. The smallest absolute Gasteiger partial charge is 0.218 e. The summed E-state index contributed by atoms with van der Waals surface area (Å²) in [4.78, 5) is 22.0. The van der Waals surface area contributed by atoms with Gasteiger partial charge in [-0.1, -0.05) is 25.4 Å². The molecule has 2 aromatic heterocycles. The fourth-order valence-electron chi connectivity index (χ4n) is 3.22. The molecule has 0 spiro atoms. The minimum absolute atomic E-state index is 0.0702. The zero-order valence-corrected chi connectivity index (χ0v) is 17.0. The number of nitrogens with zero attached hydrogens (tertiary/aromatic N) is 2. The third-order valence-electron chi connectivity index (χ3n) is 4.52. The number of aryl methyl sites for hydroxylation is 2. The predicted molar refractivity (Wildman–Crippen MR) is 109 cm³/mol. The Morgan fingerprint density at radius 1 is 1.15 bits per heavy atom. The van der Waals surface area contributed by atoms with E-state index in [-0.39, 0.29) is 5.78 Å². The van der Waals surface area contributed by atoms with E-state index in [1.54, 1.807) is 13.2 Å². The van der Waals surface area contributed by atoms with Gasteiger partial charge in [0.15, 0.2) is 5.78 Å². The summed E-state index contributed by atoms with van der Waals surface area (Å²) in [5, 5.41) is 1.36. The van der Waals surface area contributed by atoms with Crippen LogP contribution in [0.4, 0.5) is 0 Å². The highest BCUT2D eigenvalue weighted by atomic mass is 35.5. The van der Waals surface area contributed by atoms with E-state index in [0.717, 1.165) is 28.8 Å². The van der Waals surface area contributed by atoms with Crippen LogP contribution in [0, 0.1) is 19.8 Å². The van der Waals surface area contributed by atoms with Gasteiger partial charge in [0.2, 0.25) is 5.88 Å². The van der Waals surface area contributed by atoms with Gasteiger partial charge in [-0.2, -0.15) is 0 Å². The first-order chi connectivity index (χ1) is 12.8. The molecule has 0 unspecified atom stereocenters. The van der Waals surface area contributed by atoms with Crippen molar-refractivity contribution < 1.29 is 9.53 Å². The van der Waals surface area contributed by atoms with Crippen LogP contribution < -0.4 is 4.74 Å². The number of carbonyl (C=O) groups is 1. The predicted octanol–water partition coefficient (Wildman–Crippen LogP) is 5.34. The Morgan fingerprint density at radius 2 is 1.89 bits per heavy atom. The SMILES string of the molecule is COc1nc2ccc(C(=O)c3ccc(C)nc3C)cc2c(Cl)c1CC(C)C. The Balaban J connectivity index is 2.13. The average molecular weight is 383 g/mol. The first-order valence-electron chi connectivity index (χ1n) is 8.97. The standard InChI is InChI=1S/C22H23ClN2O2/c1-12(2)10-18-20(23)17-11-15(7-9-19(17)25-22(18)27-5)21(26)16-8-6-13(3)24-14(16)4/h6-9,11-12H,10H2,1-5H3. The average Bonchev–Trinajstić information content (AvgIpc) is 2.62. The second-order valence-electron chi connectivity index (χ2n) is 7.16. The molecule has 0 saturated heterocycles. The number of hydrogen-bond acceptors (Lipinski definition) is 4. The number of halogens is 1. The molecule has 0 aliphatic carbocycles. The van der Waals surface area contributed by atoms with Crippen molar-refractivity contribution in [2.24, 2.45) is 5.92 Å². The maximum absolute atomic E-state index is 13.0. The maximum Gasteiger partial charge on any atom is 0.218 e. The zero-order valence-electron chi connectivity index (χ0n) is 16.3. The summed E-state index contributed by atoms with van der Waals surface area (Å²) in [6.45, 7) is 7.99. The first kappa shape index (κ1) is 19.3. The van der Waals surface area contributed by atoms with E-state index in [1.165, 1.54) is 0 Å². The molecule has 27 heavy (non-hydrogen) atoms. The molecule has 4 nitrogen and oxygen atoms in total. The van der Waals surface area contributed by atoms with E-state index in [9.17, 15) is 4.79 Å². The van der Waals surface area contributed by atoms with Crippen LogP contribution in [0.15, 0.2) is 30.3 Å². The number of benzene rings is 1.